The highest BCUT2D eigenvalue weighted by molar-refractivity contribution is 5.82. The third kappa shape index (κ3) is 3.48. The highest BCUT2D eigenvalue weighted by atomic mass is 19.4. The molecule has 0 saturated heterocycles. The lowest BCUT2D eigenvalue weighted by atomic mass is 10.1. The molecule has 1 aromatic heterocycles. The van der Waals surface area contributed by atoms with Crippen molar-refractivity contribution >= 4 is 6.29 Å². The van der Waals surface area contributed by atoms with Gasteiger partial charge in [-0.25, -0.2) is 4.98 Å². The maximum atomic E-state index is 12.7. The molecule has 0 amide bonds. The number of aldehydes is 1. The van der Waals surface area contributed by atoms with Crippen LogP contribution in [0.15, 0.2) is 6.20 Å². The fraction of sp³-hybridized carbons (Fsp3) is 0.333. The summed E-state index contributed by atoms with van der Waals surface area (Å²) in [5.74, 6) is -2.38. The van der Waals surface area contributed by atoms with E-state index in [1.807, 2.05) is 0 Å². The van der Waals surface area contributed by atoms with Crippen molar-refractivity contribution in [2.45, 2.75) is 12.5 Å². The zero-order valence-electron chi connectivity index (χ0n) is 9.09. The molecule has 0 fully saturated rings. The van der Waals surface area contributed by atoms with Crippen LogP contribution in [-0.2, 0) is 6.18 Å². The summed E-state index contributed by atoms with van der Waals surface area (Å²) >= 11 is 0. The molecule has 0 saturated carbocycles. The first-order valence-electron chi connectivity index (χ1n) is 4.45. The lowest BCUT2D eigenvalue weighted by Gasteiger charge is -2.16. The molecule has 1 heterocycles. The normalized spacial score (nSPS) is 12.2. The van der Waals surface area contributed by atoms with Crippen molar-refractivity contribution < 1.29 is 40.6 Å². The van der Waals surface area contributed by atoms with Gasteiger partial charge in [0, 0.05) is 0 Å². The lowest BCUT2D eigenvalue weighted by Crippen LogP contribution is -2.21. The molecular weight excluding hydrogens is 284 g/mol. The Hall–Kier alpha value is -2.00. The van der Waals surface area contributed by atoms with Crippen molar-refractivity contribution in [3.05, 3.63) is 17.3 Å². The lowest BCUT2D eigenvalue weighted by molar-refractivity contribution is -0.276. The molecular formula is C9H5F6NO3. The number of carbonyl (C=O) groups excluding carboxylic acids is 1. The third-order valence-electron chi connectivity index (χ3n) is 1.88. The Labute approximate surface area is 101 Å². The summed E-state index contributed by atoms with van der Waals surface area (Å²) in [4.78, 5) is 13.6. The van der Waals surface area contributed by atoms with Crippen LogP contribution >= 0.6 is 0 Å². The number of nitrogens with zero attached hydrogens (tertiary/aromatic N) is 1. The monoisotopic (exact) mass is 289 g/mol. The van der Waals surface area contributed by atoms with E-state index in [4.69, 9.17) is 0 Å². The van der Waals surface area contributed by atoms with E-state index in [0.29, 0.717) is 6.20 Å². The minimum atomic E-state index is -5.28. The van der Waals surface area contributed by atoms with E-state index in [2.05, 4.69) is 14.5 Å². The minimum Gasteiger partial charge on any atom is -0.494 e. The van der Waals surface area contributed by atoms with Crippen LogP contribution < -0.4 is 9.47 Å². The van der Waals surface area contributed by atoms with Gasteiger partial charge in [-0.3, -0.25) is 4.79 Å². The molecule has 0 aliphatic heterocycles. The van der Waals surface area contributed by atoms with E-state index < -0.39 is 41.6 Å². The Morgan fingerprint density at radius 2 is 1.79 bits per heavy atom. The van der Waals surface area contributed by atoms with Gasteiger partial charge in [-0.05, 0) is 0 Å². The Bertz CT molecular complexity index is 482. The van der Waals surface area contributed by atoms with Gasteiger partial charge < -0.3 is 9.47 Å². The second kappa shape index (κ2) is 4.94. The molecule has 4 nitrogen and oxygen atoms in total. The van der Waals surface area contributed by atoms with Gasteiger partial charge in [0.05, 0.1) is 18.9 Å². The zero-order valence-corrected chi connectivity index (χ0v) is 9.09. The highest BCUT2D eigenvalue weighted by Crippen LogP contribution is 2.41. The number of ether oxygens (including phenoxy) is 2. The van der Waals surface area contributed by atoms with Crippen molar-refractivity contribution in [1.29, 1.82) is 0 Å². The Morgan fingerprint density at radius 1 is 1.21 bits per heavy atom. The quantitative estimate of drug-likeness (QED) is 0.634. The van der Waals surface area contributed by atoms with Gasteiger partial charge in [0.15, 0.2) is 6.29 Å². The maximum absolute atomic E-state index is 12.7. The van der Waals surface area contributed by atoms with Gasteiger partial charge in [0.1, 0.15) is 11.3 Å². The van der Waals surface area contributed by atoms with Crippen molar-refractivity contribution in [3.63, 3.8) is 0 Å². The van der Waals surface area contributed by atoms with Gasteiger partial charge in [-0.2, -0.15) is 13.2 Å². The van der Waals surface area contributed by atoms with Crippen LogP contribution in [0.5, 0.6) is 11.6 Å². The predicted molar refractivity (Wildman–Crippen MR) is 47.9 cm³/mol. The van der Waals surface area contributed by atoms with Crippen molar-refractivity contribution in [3.8, 4) is 11.6 Å². The Kier molecular flexibility index (Phi) is 3.91. The van der Waals surface area contributed by atoms with Gasteiger partial charge >= 0.3 is 12.5 Å². The molecule has 0 bridgehead atoms. The van der Waals surface area contributed by atoms with Crippen LogP contribution in [0.1, 0.15) is 15.9 Å². The Balaban J connectivity index is 3.49. The van der Waals surface area contributed by atoms with E-state index in [-0.39, 0.29) is 0 Å². The fourth-order valence-electron chi connectivity index (χ4n) is 1.24. The van der Waals surface area contributed by atoms with Crippen molar-refractivity contribution in [2.75, 3.05) is 7.11 Å². The van der Waals surface area contributed by atoms with E-state index in [0.717, 1.165) is 7.11 Å². The Morgan fingerprint density at radius 3 is 2.16 bits per heavy atom. The van der Waals surface area contributed by atoms with Gasteiger partial charge in [-0.1, -0.05) is 0 Å². The number of alkyl halides is 6. The number of rotatable bonds is 3. The summed E-state index contributed by atoms with van der Waals surface area (Å²) in [5, 5.41) is 0. The standard InChI is InChI=1S/C9H5F6NO3/c1-18-5-2-16-7(19-9(13,14)15)4(3-17)6(5)8(10,11)12/h2-3H,1H3. The summed E-state index contributed by atoms with van der Waals surface area (Å²) < 4.78 is 81.6. The summed E-state index contributed by atoms with van der Waals surface area (Å²) in [7, 11) is 0.852. The number of halogens is 6. The second-order valence-electron chi connectivity index (χ2n) is 3.08. The number of hydrogen-bond acceptors (Lipinski definition) is 4. The molecule has 0 unspecified atom stereocenters. The summed E-state index contributed by atoms with van der Waals surface area (Å²) in [6.45, 7) is 0. The number of carbonyl (C=O) groups is 1. The minimum absolute atomic E-state index is 0.386. The number of hydrogen-bond donors (Lipinski definition) is 0. The van der Waals surface area contributed by atoms with Crippen molar-refractivity contribution in [1.82, 2.24) is 4.98 Å². The molecule has 0 aromatic carbocycles. The molecule has 1 rings (SSSR count). The number of pyridine rings is 1. The number of aromatic nitrogens is 1. The molecule has 10 heteroatoms. The van der Waals surface area contributed by atoms with Crippen LogP contribution in [0.3, 0.4) is 0 Å². The van der Waals surface area contributed by atoms with Gasteiger partial charge in [0.2, 0.25) is 5.88 Å². The largest absolute Gasteiger partial charge is 0.574 e. The molecule has 0 aliphatic rings. The molecule has 1 aromatic rings. The predicted octanol–water partition coefficient (Wildman–Crippen LogP) is 2.82. The first-order valence-corrected chi connectivity index (χ1v) is 4.45. The van der Waals surface area contributed by atoms with E-state index in [1.165, 1.54) is 0 Å². The zero-order chi connectivity index (χ0) is 14.8. The smallest absolute Gasteiger partial charge is 0.494 e. The molecule has 0 aliphatic carbocycles. The molecule has 0 N–H and O–H groups in total. The highest BCUT2D eigenvalue weighted by Gasteiger charge is 2.41. The first-order chi connectivity index (χ1) is 8.60. The molecule has 0 spiro atoms. The van der Waals surface area contributed by atoms with Crippen LogP contribution in [0.4, 0.5) is 26.3 Å². The van der Waals surface area contributed by atoms with E-state index >= 15 is 0 Å². The first kappa shape index (κ1) is 15.1. The van der Waals surface area contributed by atoms with Crippen LogP contribution in [0.25, 0.3) is 0 Å². The summed E-state index contributed by atoms with van der Waals surface area (Å²) in [6.07, 6.45) is -10.4. The SMILES string of the molecule is COc1cnc(OC(F)(F)F)c(C=O)c1C(F)(F)F. The summed E-state index contributed by atoms with van der Waals surface area (Å²) in [6, 6.07) is 0. The maximum Gasteiger partial charge on any atom is 0.574 e. The van der Waals surface area contributed by atoms with E-state index in [1.54, 1.807) is 0 Å². The fourth-order valence-corrected chi connectivity index (χ4v) is 1.24. The number of methoxy groups -OCH3 is 1. The van der Waals surface area contributed by atoms with E-state index in [9.17, 15) is 31.1 Å². The summed E-state index contributed by atoms with van der Waals surface area (Å²) in [5.41, 5.74) is -3.07. The van der Waals surface area contributed by atoms with Gasteiger partial charge in [0.25, 0.3) is 0 Å². The van der Waals surface area contributed by atoms with Gasteiger partial charge in [-0.15, -0.1) is 13.2 Å². The van der Waals surface area contributed by atoms with Crippen LogP contribution in [0.2, 0.25) is 0 Å². The molecule has 106 valence electrons. The molecule has 0 radical (unpaired) electrons. The topological polar surface area (TPSA) is 48.4 Å². The van der Waals surface area contributed by atoms with Crippen LogP contribution in [0, 0.1) is 0 Å². The molecule has 19 heavy (non-hydrogen) atoms. The van der Waals surface area contributed by atoms with Crippen LogP contribution in [-0.4, -0.2) is 24.7 Å². The second-order valence-corrected chi connectivity index (χ2v) is 3.08. The third-order valence-corrected chi connectivity index (χ3v) is 1.88. The molecule has 0 atom stereocenters. The average Bonchev–Trinajstić information content (AvgIpc) is 2.25. The average molecular weight is 289 g/mol. The van der Waals surface area contributed by atoms with Crippen molar-refractivity contribution in [2.24, 2.45) is 0 Å².